The number of unbranched alkanes of at least 4 members (excludes halogenated alkanes) is 5. The van der Waals surface area contributed by atoms with Crippen molar-refractivity contribution in [2.75, 3.05) is 0 Å². The Morgan fingerprint density at radius 2 is 1.35 bits per heavy atom. The second kappa shape index (κ2) is 8.81. The first-order valence-electron chi connectivity index (χ1n) is 7.45. The van der Waals surface area contributed by atoms with E-state index >= 15 is 0 Å². The van der Waals surface area contributed by atoms with Crippen LogP contribution in [0.4, 0.5) is 0 Å². The average Bonchev–Trinajstić information content (AvgIpc) is 2.27. The van der Waals surface area contributed by atoms with E-state index in [2.05, 4.69) is 40.2 Å². The second-order valence-corrected chi connectivity index (χ2v) is 11.1. The van der Waals surface area contributed by atoms with Gasteiger partial charge in [0.1, 0.15) is 8.07 Å². The lowest BCUT2D eigenvalue weighted by molar-refractivity contribution is 0.620. The number of hydrogen-bond acceptors (Lipinski definition) is 0. The lowest BCUT2D eigenvalue weighted by Crippen LogP contribution is -2.39. The molecule has 0 aromatic rings. The molecule has 0 saturated heterocycles. The largest absolute Gasteiger partial charge is 0.144 e. The predicted octanol–water partition coefficient (Wildman–Crippen LogP) is 5.74. The summed E-state index contributed by atoms with van der Waals surface area (Å²) in [4.78, 5) is 0. The SMILES string of the molecule is [C]#C[Si](CCCCCCCC)(C(C)C)C(C)C. The molecule has 0 saturated carbocycles. The molecule has 0 fully saturated rings. The summed E-state index contributed by atoms with van der Waals surface area (Å²) >= 11 is 0. The molecule has 0 aliphatic rings. The zero-order valence-corrected chi connectivity index (χ0v) is 13.6. The second-order valence-electron chi connectivity index (χ2n) is 5.99. The van der Waals surface area contributed by atoms with Gasteiger partial charge in [0.15, 0.2) is 0 Å². The Labute approximate surface area is 111 Å². The molecule has 0 unspecified atom stereocenters. The maximum absolute atomic E-state index is 7.73. The van der Waals surface area contributed by atoms with Crippen LogP contribution >= 0.6 is 0 Å². The van der Waals surface area contributed by atoms with Crippen LogP contribution in [-0.2, 0) is 0 Å². The molecule has 0 heterocycles. The molecular weight excluding hydrogens is 220 g/mol. The van der Waals surface area contributed by atoms with Crippen LogP contribution in [-0.4, -0.2) is 8.07 Å². The summed E-state index contributed by atoms with van der Waals surface area (Å²) < 4.78 is 0. The Morgan fingerprint density at radius 3 is 1.76 bits per heavy atom. The Kier molecular flexibility index (Phi) is 8.69. The van der Waals surface area contributed by atoms with E-state index in [4.69, 9.17) is 6.42 Å². The first-order valence-corrected chi connectivity index (χ1v) is 9.81. The van der Waals surface area contributed by atoms with Gasteiger partial charge >= 0.3 is 0 Å². The highest BCUT2D eigenvalue weighted by molar-refractivity contribution is 6.89. The van der Waals surface area contributed by atoms with Crippen molar-refractivity contribution < 1.29 is 0 Å². The Balaban J connectivity index is 4.07. The summed E-state index contributed by atoms with van der Waals surface area (Å²) in [5.41, 5.74) is 4.33. The van der Waals surface area contributed by atoms with Crippen LogP contribution in [0.1, 0.15) is 73.1 Å². The van der Waals surface area contributed by atoms with Crippen LogP contribution in [0.25, 0.3) is 0 Å². The van der Waals surface area contributed by atoms with Crippen LogP contribution < -0.4 is 0 Å². The van der Waals surface area contributed by atoms with Crippen LogP contribution in [0.15, 0.2) is 0 Å². The fourth-order valence-electron chi connectivity index (χ4n) is 2.79. The van der Waals surface area contributed by atoms with Gasteiger partial charge in [-0.05, 0) is 23.5 Å². The first-order chi connectivity index (χ1) is 8.01. The van der Waals surface area contributed by atoms with Crippen molar-refractivity contribution in [3.05, 3.63) is 6.42 Å². The van der Waals surface area contributed by atoms with Crippen molar-refractivity contribution in [1.29, 1.82) is 0 Å². The van der Waals surface area contributed by atoms with E-state index in [0.29, 0.717) is 11.1 Å². The molecule has 0 amide bonds. The summed E-state index contributed by atoms with van der Waals surface area (Å²) in [6.07, 6.45) is 15.9. The Morgan fingerprint density at radius 1 is 0.882 bits per heavy atom. The molecule has 0 aliphatic heterocycles. The third kappa shape index (κ3) is 5.30. The zero-order valence-electron chi connectivity index (χ0n) is 12.6. The van der Waals surface area contributed by atoms with Gasteiger partial charge in [-0.15, -0.1) is 5.54 Å². The van der Waals surface area contributed by atoms with Crippen LogP contribution in [0.5, 0.6) is 0 Å². The molecule has 0 nitrogen and oxygen atoms in total. The number of hydrogen-bond donors (Lipinski definition) is 0. The maximum Gasteiger partial charge on any atom is 0.144 e. The highest BCUT2D eigenvalue weighted by atomic mass is 28.3. The quantitative estimate of drug-likeness (QED) is 0.278. The van der Waals surface area contributed by atoms with Gasteiger partial charge in [0.05, 0.1) is 0 Å². The third-order valence-electron chi connectivity index (χ3n) is 4.24. The van der Waals surface area contributed by atoms with E-state index in [1.807, 2.05) is 0 Å². The third-order valence-corrected chi connectivity index (χ3v) is 10.0. The smallest absolute Gasteiger partial charge is 0.117 e. The first kappa shape index (κ1) is 16.8. The van der Waals surface area contributed by atoms with Gasteiger partial charge in [-0.1, -0.05) is 73.1 Å². The van der Waals surface area contributed by atoms with E-state index in [0.717, 1.165) is 0 Å². The molecule has 0 aliphatic carbocycles. The van der Waals surface area contributed by atoms with E-state index in [-0.39, 0.29) is 0 Å². The minimum Gasteiger partial charge on any atom is -0.117 e. The summed E-state index contributed by atoms with van der Waals surface area (Å²) in [7, 11) is -1.58. The zero-order chi connectivity index (χ0) is 13.3. The van der Waals surface area contributed by atoms with Gasteiger partial charge in [-0.25, -0.2) is 0 Å². The molecular formula is C16H31Si. The molecule has 1 heteroatoms. The maximum atomic E-state index is 7.73. The monoisotopic (exact) mass is 251 g/mol. The summed E-state index contributed by atoms with van der Waals surface area (Å²) in [6, 6.07) is 1.28. The van der Waals surface area contributed by atoms with Crippen molar-refractivity contribution in [2.24, 2.45) is 0 Å². The van der Waals surface area contributed by atoms with Crippen molar-refractivity contribution in [2.45, 2.75) is 90.3 Å². The summed E-state index contributed by atoms with van der Waals surface area (Å²) in [5.74, 6) is 0. The van der Waals surface area contributed by atoms with Gasteiger partial charge in [-0.3, -0.25) is 0 Å². The Hall–Kier alpha value is -0.223. The van der Waals surface area contributed by atoms with Gasteiger partial charge in [-0.2, -0.15) is 0 Å². The van der Waals surface area contributed by atoms with Gasteiger partial charge in [0, 0.05) is 0 Å². The van der Waals surface area contributed by atoms with Gasteiger partial charge in [0.25, 0.3) is 0 Å². The lowest BCUT2D eigenvalue weighted by atomic mass is 10.1. The summed E-state index contributed by atoms with van der Waals surface area (Å²) in [5, 5.41) is 0. The van der Waals surface area contributed by atoms with Crippen LogP contribution in [0.2, 0.25) is 17.1 Å². The minimum atomic E-state index is -1.58. The van der Waals surface area contributed by atoms with E-state index in [9.17, 15) is 0 Å². The van der Waals surface area contributed by atoms with Gasteiger partial charge < -0.3 is 0 Å². The minimum absolute atomic E-state index is 0.663. The van der Waals surface area contributed by atoms with Crippen molar-refractivity contribution in [1.82, 2.24) is 0 Å². The highest BCUT2D eigenvalue weighted by Crippen LogP contribution is 2.36. The molecule has 0 rings (SSSR count). The molecule has 0 aromatic heterocycles. The standard InChI is InChI=1S/C16H31Si/c1-7-9-10-11-12-13-14-17(8-2,15(3)4)16(5)6/h15-16H,7,9-14H2,1,3-6H3. The van der Waals surface area contributed by atoms with Crippen molar-refractivity contribution in [3.63, 3.8) is 0 Å². The summed E-state index contributed by atoms with van der Waals surface area (Å²) in [6.45, 7) is 11.4. The normalized spacial score (nSPS) is 12.1. The van der Waals surface area contributed by atoms with E-state index in [1.54, 1.807) is 0 Å². The topological polar surface area (TPSA) is 0 Å². The van der Waals surface area contributed by atoms with E-state index in [1.165, 1.54) is 44.6 Å². The molecule has 99 valence electrons. The van der Waals surface area contributed by atoms with Crippen molar-refractivity contribution in [3.8, 4) is 5.54 Å². The molecule has 0 atom stereocenters. The van der Waals surface area contributed by atoms with Crippen molar-refractivity contribution >= 4 is 8.07 Å². The average molecular weight is 252 g/mol. The highest BCUT2D eigenvalue weighted by Gasteiger charge is 2.37. The Bertz CT molecular complexity index is 214. The van der Waals surface area contributed by atoms with Crippen LogP contribution in [0.3, 0.4) is 0 Å². The molecule has 17 heavy (non-hydrogen) atoms. The lowest BCUT2D eigenvalue weighted by Gasteiger charge is -2.34. The molecule has 0 aromatic carbocycles. The predicted molar refractivity (Wildman–Crippen MR) is 81.3 cm³/mol. The van der Waals surface area contributed by atoms with Gasteiger partial charge in [0.2, 0.25) is 0 Å². The molecule has 0 N–H and O–H groups in total. The molecule has 1 radical (unpaired) electrons. The molecule has 0 spiro atoms. The molecule has 0 bridgehead atoms. The van der Waals surface area contributed by atoms with E-state index < -0.39 is 8.07 Å². The number of rotatable bonds is 9. The fraction of sp³-hybridized carbons (Fsp3) is 0.875. The van der Waals surface area contributed by atoms with Crippen LogP contribution in [0, 0.1) is 12.0 Å². The fourth-order valence-corrected chi connectivity index (χ4v) is 6.82.